The van der Waals surface area contributed by atoms with E-state index in [1.54, 1.807) is 7.11 Å². The topological polar surface area (TPSA) is 49.8 Å². The van der Waals surface area contributed by atoms with Crippen LogP contribution in [0.2, 0.25) is 0 Å². The molecule has 0 fully saturated rings. The summed E-state index contributed by atoms with van der Waals surface area (Å²) in [4.78, 5) is 12.5. The van der Waals surface area contributed by atoms with Crippen molar-refractivity contribution < 1.29 is 14.6 Å². The van der Waals surface area contributed by atoms with Crippen LogP contribution in [0.25, 0.3) is 0 Å². The molecule has 0 saturated heterocycles. The van der Waals surface area contributed by atoms with Crippen molar-refractivity contribution in [1.29, 1.82) is 0 Å². The molecule has 0 aliphatic heterocycles. The van der Waals surface area contributed by atoms with E-state index in [-0.39, 0.29) is 6.54 Å². The Balaban J connectivity index is 2.65. The summed E-state index contributed by atoms with van der Waals surface area (Å²) >= 11 is 0. The van der Waals surface area contributed by atoms with Crippen LogP contribution in [0.15, 0.2) is 24.3 Å². The maximum absolute atomic E-state index is 10.7. The van der Waals surface area contributed by atoms with Gasteiger partial charge in [0, 0.05) is 13.7 Å². The third kappa shape index (κ3) is 4.97. The summed E-state index contributed by atoms with van der Waals surface area (Å²) in [5.41, 5.74) is 2.22. The van der Waals surface area contributed by atoms with E-state index in [1.807, 2.05) is 36.1 Å². The Morgan fingerprint density at radius 1 is 1.41 bits per heavy atom. The second kappa shape index (κ2) is 7.04. The number of benzene rings is 1. The molecule has 0 aromatic heterocycles. The Hall–Kier alpha value is -1.39. The first-order valence-corrected chi connectivity index (χ1v) is 5.66. The molecule has 0 radical (unpaired) electrons. The van der Waals surface area contributed by atoms with Crippen LogP contribution in [-0.4, -0.2) is 36.2 Å². The number of rotatable bonds is 7. The quantitative estimate of drug-likeness (QED) is 0.784. The number of carboxylic acid groups (broad SMARTS) is 1. The van der Waals surface area contributed by atoms with E-state index in [4.69, 9.17) is 9.84 Å². The van der Waals surface area contributed by atoms with Crippen molar-refractivity contribution in [1.82, 2.24) is 4.90 Å². The number of hydrogen-bond donors (Lipinski definition) is 1. The first-order chi connectivity index (χ1) is 8.15. The number of hydrogen-bond acceptors (Lipinski definition) is 3. The third-order valence-corrected chi connectivity index (χ3v) is 2.51. The highest BCUT2D eigenvalue weighted by atomic mass is 16.5. The number of nitrogens with zero attached hydrogens (tertiary/aromatic N) is 1. The molecule has 0 unspecified atom stereocenters. The maximum Gasteiger partial charge on any atom is 0.317 e. The number of methoxy groups -OCH3 is 1. The van der Waals surface area contributed by atoms with E-state index in [1.165, 1.54) is 0 Å². The van der Waals surface area contributed by atoms with E-state index < -0.39 is 5.97 Å². The zero-order chi connectivity index (χ0) is 12.7. The highest BCUT2D eigenvalue weighted by Gasteiger charge is 2.08. The van der Waals surface area contributed by atoms with Crippen molar-refractivity contribution in [3.05, 3.63) is 35.4 Å². The van der Waals surface area contributed by atoms with E-state index in [0.29, 0.717) is 13.2 Å². The highest BCUT2D eigenvalue weighted by Crippen LogP contribution is 2.09. The fourth-order valence-electron chi connectivity index (χ4n) is 1.71. The van der Waals surface area contributed by atoms with Crippen LogP contribution in [0.4, 0.5) is 0 Å². The minimum atomic E-state index is -0.792. The normalized spacial score (nSPS) is 10.8. The molecule has 4 heteroatoms. The van der Waals surface area contributed by atoms with Crippen molar-refractivity contribution in [2.75, 3.05) is 20.2 Å². The van der Waals surface area contributed by atoms with Gasteiger partial charge in [-0.1, -0.05) is 31.2 Å². The molecule has 0 saturated carbocycles. The summed E-state index contributed by atoms with van der Waals surface area (Å²) in [6.07, 6.45) is 0. The van der Waals surface area contributed by atoms with Gasteiger partial charge in [-0.15, -0.1) is 0 Å². The number of aliphatic carboxylic acids is 1. The molecule has 0 aliphatic rings. The van der Waals surface area contributed by atoms with Gasteiger partial charge in [-0.3, -0.25) is 9.69 Å². The van der Waals surface area contributed by atoms with Crippen molar-refractivity contribution in [3.63, 3.8) is 0 Å². The minimum Gasteiger partial charge on any atom is -0.480 e. The van der Waals surface area contributed by atoms with Gasteiger partial charge < -0.3 is 9.84 Å². The molecule has 0 bridgehead atoms. The maximum atomic E-state index is 10.7. The average molecular weight is 237 g/mol. The molecule has 0 atom stereocenters. The zero-order valence-corrected chi connectivity index (χ0v) is 10.3. The lowest BCUT2D eigenvalue weighted by Crippen LogP contribution is -2.29. The molecule has 0 spiro atoms. The van der Waals surface area contributed by atoms with Crippen molar-refractivity contribution in [2.24, 2.45) is 0 Å². The summed E-state index contributed by atoms with van der Waals surface area (Å²) in [7, 11) is 1.66. The van der Waals surface area contributed by atoms with Crippen LogP contribution < -0.4 is 0 Å². The van der Waals surface area contributed by atoms with Gasteiger partial charge >= 0.3 is 5.97 Å². The van der Waals surface area contributed by atoms with E-state index in [9.17, 15) is 4.79 Å². The van der Waals surface area contributed by atoms with Crippen LogP contribution >= 0.6 is 0 Å². The molecular formula is C13H19NO3. The Labute approximate surface area is 102 Å². The van der Waals surface area contributed by atoms with E-state index in [2.05, 4.69) is 0 Å². The molecule has 0 aliphatic carbocycles. The number of ether oxygens (including phenoxy) is 1. The first-order valence-electron chi connectivity index (χ1n) is 5.66. The molecule has 94 valence electrons. The Morgan fingerprint density at radius 3 is 2.71 bits per heavy atom. The number of carbonyl (C=O) groups is 1. The Kier molecular flexibility index (Phi) is 5.66. The van der Waals surface area contributed by atoms with Gasteiger partial charge in [0.25, 0.3) is 0 Å². The monoisotopic (exact) mass is 237 g/mol. The second-order valence-electron chi connectivity index (χ2n) is 3.95. The molecule has 0 amide bonds. The number of likely N-dealkylation sites (N-methyl/N-ethyl adjacent to an activating group) is 1. The van der Waals surface area contributed by atoms with Gasteiger partial charge in [-0.25, -0.2) is 0 Å². The summed E-state index contributed by atoms with van der Waals surface area (Å²) in [6.45, 7) is 3.99. The van der Waals surface area contributed by atoms with Gasteiger partial charge in [0.1, 0.15) is 0 Å². The fourth-order valence-corrected chi connectivity index (χ4v) is 1.71. The van der Waals surface area contributed by atoms with Crippen molar-refractivity contribution >= 4 is 5.97 Å². The fraction of sp³-hybridized carbons (Fsp3) is 0.462. The molecule has 1 aromatic rings. The highest BCUT2D eigenvalue weighted by molar-refractivity contribution is 5.69. The standard InChI is InChI=1S/C13H19NO3/c1-3-14(9-13(15)16)8-11-5-4-6-12(7-11)10-17-2/h4-7H,3,8-10H2,1-2H3,(H,15,16). The lowest BCUT2D eigenvalue weighted by Gasteiger charge is -2.18. The molecule has 4 nitrogen and oxygen atoms in total. The number of carboxylic acids is 1. The van der Waals surface area contributed by atoms with Crippen molar-refractivity contribution in [2.45, 2.75) is 20.1 Å². The van der Waals surface area contributed by atoms with Crippen LogP contribution in [0, 0.1) is 0 Å². The molecule has 0 heterocycles. The SMILES string of the molecule is CCN(CC(=O)O)Cc1cccc(COC)c1. The summed E-state index contributed by atoms with van der Waals surface area (Å²) in [5, 5.41) is 8.77. The lowest BCUT2D eigenvalue weighted by atomic mass is 10.1. The second-order valence-corrected chi connectivity index (χ2v) is 3.95. The summed E-state index contributed by atoms with van der Waals surface area (Å²) < 4.78 is 5.07. The average Bonchev–Trinajstić information content (AvgIpc) is 2.28. The third-order valence-electron chi connectivity index (χ3n) is 2.51. The van der Waals surface area contributed by atoms with Gasteiger partial charge in [0.05, 0.1) is 13.2 Å². The van der Waals surface area contributed by atoms with E-state index in [0.717, 1.165) is 17.7 Å². The molecular weight excluding hydrogens is 218 g/mol. The molecule has 1 aromatic carbocycles. The first kappa shape index (κ1) is 13.7. The van der Waals surface area contributed by atoms with Crippen LogP contribution in [0.5, 0.6) is 0 Å². The van der Waals surface area contributed by atoms with Crippen molar-refractivity contribution in [3.8, 4) is 0 Å². The Morgan fingerprint density at radius 2 is 2.12 bits per heavy atom. The van der Waals surface area contributed by atoms with Gasteiger partial charge in [0.2, 0.25) is 0 Å². The van der Waals surface area contributed by atoms with Gasteiger partial charge in [0.15, 0.2) is 0 Å². The molecule has 17 heavy (non-hydrogen) atoms. The van der Waals surface area contributed by atoms with E-state index >= 15 is 0 Å². The van der Waals surface area contributed by atoms with Gasteiger partial charge in [-0.05, 0) is 17.7 Å². The predicted molar refractivity (Wildman–Crippen MR) is 65.7 cm³/mol. The predicted octanol–water partition coefficient (Wildman–Crippen LogP) is 1.74. The zero-order valence-electron chi connectivity index (χ0n) is 10.3. The molecule has 1 N–H and O–H groups in total. The summed E-state index contributed by atoms with van der Waals surface area (Å²) in [6, 6.07) is 8.02. The summed E-state index contributed by atoms with van der Waals surface area (Å²) in [5.74, 6) is -0.792. The minimum absolute atomic E-state index is 0.0744. The smallest absolute Gasteiger partial charge is 0.317 e. The van der Waals surface area contributed by atoms with Crippen LogP contribution in [0.3, 0.4) is 0 Å². The van der Waals surface area contributed by atoms with Crippen LogP contribution in [0.1, 0.15) is 18.1 Å². The largest absolute Gasteiger partial charge is 0.480 e. The van der Waals surface area contributed by atoms with Crippen LogP contribution in [-0.2, 0) is 22.7 Å². The lowest BCUT2D eigenvalue weighted by molar-refractivity contribution is -0.138. The molecule has 1 rings (SSSR count). The van der Waals surface area contributed by atoms with Gasteiger partial charge in [-0.2, -0.15) is 0 Å². The Bertz CT molecular complexity index is 365.